The van der Waals surface area contributed by atoms with Crippen LogP contribution < -0.4 is 15.4 Å². The first-order valence-electron chi connectivity index (χ1n) is 9.98. The van der Waals surface area contributed by atoms with Crippen molar-refractivity contribution in [2.24, 2.45) is 0 Å². The minimum Gasteiger partial charge on any atom is -0.494 e. The average molecular weight is 440 g/mol. The van der Waals surface area contributed by atoms with Gasteiger partial charge in [0.25, 0.3) is 0 Å². The Hall–Kier alpha value is -2.37. The number of hydrogen-bond acceptors (Lipinski definition) is 6. The van der Waals surface area contributed by atoms with Crippen molar-refractivity contribution >= 4 is 19.1 Å². The van der Waals surface area contributed by atoms with Gasteiger partial charge in [0.2, 0.25) is 5.91 Å². The molecule has 0 aliphatic carbocycles. The normalized spacial score (nSPS) is 18.8. The van der Waals surface area contributed by atoms with E-state index in [1.807, 2.05) is 27.7 Å². The molecule has 0 spiro atoms. The first kappa shape index (κ1) is 24.9. The summed E-state index contributed by atoms with van der Waals surface area (Å²) in [5, 5.41) is 13.9. The van der Waals surface area contributed by atoms with Gasteiger partial charge < -0.3 is 34.5 Å². The molecule has 1 aliphatic heterocycles. The molecule has 0 radical (unpaired) electrons. The second kappa shape index (κ2) is 10.3. The Kier molecular flexibility index (Phi) is 8.27. The van der Waals surface area contributed by atoms with Crippen molar-refractivity contribution in [3.05, 3.63) is 30.1 Å². The van der Waals surface area contributed by atoms with Gasteiger partial charge >= 0.3 is 13.2 Å². The van der Waals surface area contributed by atoms with E-state index in [1.54, 1.807) is 0 Å². The standard InChI is InChI=1S/C20H30BFN2O7/c1-19(2)20(3,4)31-21(30-19)16(10-11-29-14-8-6-13(22)7-9-14)24-17(25)15(12-28-5)23-18(26)27/h6-9,15-16,23H,10-12H2,1-5H3,(H,24,25)(H,26,27). The zero-order chi connectivity index (χ0) is 23.2. The molecule has 1 fully saturated rings. The first-order chi connectivity index (χ1) is 14.4. The molecule has 2 amide bonds. The molecule has 172 valence electrons. The Morgan fingerprint density at radius 3 is 2.23 bits per heavy atom. The van der Waals surface area contributed by atoms with Crippen LogP contribution in [0.15, 0.2) is 24.3 Å². The van der Waals surface area contributed by atoms with E-state index in [9.17, 15) is 14.0 Å². The fourth-order valence-corrected chi connectivity index (χ4v) is 2.95. The van der Waals surface area contributed by atoms with E-state index in [0.29, 0.717) is 12.2 Å². The molecule has 31 heavy (non-hydrogen) atoms. The van der Waals surface area contributed by atoms with E-state index < -0.39 is 42.3 Å². The van der Waals surface area contributed by atoms with Gasteiger partial charge in [-0.2, -0.15) is 0 Å². The maximum atomic E-state index is 13.1. The largest absolute Gasteiger partial charge is 0.494 e. The molecule has 1 saturated heterocycles. The van der Waals surface area contributed by atoms with Crippen LogP contribution >= 0.6 is 0 Å². The Morgan fingerprint density at radius 1 is 1.13 bits per heavy atom. The summed E-state index contributed by atoms with van der Waals surface area (Å²) in [4.78, 5) is 23.7. The predicted octanol–water partition coefficient (Wildman–Crippen LogP) is 1.99. The molecule has 1 aliphatic rings. The minimum absolute atomic E-state index is 0.139. The summed E-state index contributed by atoms with van der Waals surface area (Å²) in [5.41, 5.74) is -1.24. The number of nitrogens with one attached hydrogen (secondary N) is 2. The van der Waals surface area contributed by atoms with Gasteiger partial charge in [-0.1, -0.05) is 0 Å². The highest BCUT2D eigenvalue weighted by atomic mass is 19.1. The van der Waals surface area contributed by atoms with Gasteiger partial charge in [0.1, 0.15) is 17.6 Å². The number of methoxy groups -OCH3 is 1. The number of hydrogen-bond donors (Lipinski definition) is 3. The summed E-state index contributed by atoms with van der Waals surface area (Å²) < 4.78 is 35.8. The molecule has 0 aromatic heterocycles. The summed E-state index contributed by atoms with van der Waals surface area (Å²) in [7, 11) is 0.588. The lowest BCUT2D eigenvalue weighted by Crippen LogP contribution is -2.56. The monoisotopic (exact) mass is 440 g/mol. The molecule has 2 rings (SSSR count). The molecule has 1 aromatic carbocycles. The number of ether oxygens (including phenoxy) is 2. The molecule has 2 unspecified atom stereocenters. The molecular weight excluding hydrogens is 410 g/mol. The van der Waals surface area contributed by atoms with E-state index in [-0.39, 0.29) is 19.0 Å². The van der Waals surface area contributed by atoms with Gasteiger partial charge in [0.15, 0.2) is 0 Å². The van der Waals surface area contributed by atoms with E-state index in [2.05, 4.69) is 10.6 Å². The van der Waals surface area contributed by atoms with Gasteiger partial charge in [-0.15, -0.1) is 0 Å². The number of carbonyl (C=O) groups excluding carboxylic acids is 1. The molecule has 9 nitrogen and oxygen atoms in total. The Morgan fingerprint density at radius 2 is 1.71 bits per heavy atom. The second-order valence-corrected chi connectivity index (χ2v) is 8.29. The molecule has 1 aromatic rings. The maximum Gasteiger partial charge on any atom is 0.481 e. The molecular formula is C20H30BFN2O7. The third-order valence-electron chi connectivity index (χ3n) is 5.39. The van der Waals surface area contributed by atoms with Crippen LogP contribution in [0.4, 0.5) is 9.18 Å². The number of carbonyl (C=O) groups is 2. The molecule has 0 bridgehead atoms. The van der Waals surface area contributed by atoms with Crippen molar-refractivity contribution in [2.75, 3.05) is 20.3 Å². The Labute approximate surface area is 181 Å². The summed E-state index contributed by atoms with van der Waals surface area (Å²) in [6, 6.07) is 4.47. The summed E-state index contributed by atoms with van der Waals surface area (Å²) >= 11 is 0. The number of amides is 2. The van der Waals surface area contributed by atoms with E-state index in [0.717, 1.165) is 0 Å². The van der Waals surface area contributed by atoms with Gasteiger partial charge in [-0.05, 0) is 52.0 Å². The molecule has 11 heteroatoms. The number of benzene rings is 1. The number of rotatable bonds is 10. The van der Waals surface area contributed by atoms with Crippen LogP contribution in [0, 0.1) is 5.82 Å². The van der Waals surface area contributed by atoms with Gasteiger partial charge in [0, 0.05) is 13.5 Å². The summed E-state index contributed by atoms with van der Waals surface area (Å²) in [5.74, 6) is -1.11. The van der Waals surface area contributed by atoms with Gasteiger partial charge in [-0.3, -0.25) is 4.79 Å². The lowest BCUT2D eigenvalue weighted by atomic mass is 9.76. The average Bonchev–Trinajstić information content (AvgIpc) is 2.89. The second-order valence-electron chi connectivity index (χ2n) is 8.29. The van der Waals surface area contributed by atoms with Crippen LogP contribution in [-0.2, 0) is 18.8 Å². The van der Waals surface area contributed by atoms with E-state index >= 15 is 0 Å². The highest BCUT2D eigenvalue weighted by Crippen LogP contribution is 2.37. The third-order valence-corrected chi connectivity index (χ3v) is 5.39. The quantitative estimate of drug-likeness (QED) is 0.477. The minimum atomic E-state index is -1.34. The Bertz CT molecular complexity index is 744. The zero-order valence-corrected chi connectivity index (χ0v) is 18.4. The zero-order valence-electron chi connectivity index (χ0n) is 18.4. The fourth-order valence-electron chi connectivity index (χ4n) is 2.95. The van der Waals surface area contributed by atoms with Crippen molar-refractivity contribution < 1.29 is 37.9 Å². The highest BCUT2D eigenvalue weighted by molar-refractivity contribution is 6.48. The lowest BCUT2D eigenvalue weighted by molar-refractivity contribution is -0.124. The van der Waals surface area contributed by atoms with Crippen LogP contribution in [0.3, 0.4) is 0 Å². The van der Waals surface area contributed by atoms with Gasteiger partial charge in [-0.25, -0.2) is 9.18 Å². The highest BCUT2D eigenvalue weighted by Gasteiger charge is 2.54. The van der Waals surface area contributed by atoms with Crippen molar-refractivity contribution in [1.82, 2.24) is 10.6 Å². The van der Waals surface area contributed by atoms with E-state index in [1.165, 1.54) is 31.4 Å². The van der Waals surface area contributed by atoms with Crippen LogP contribution in [0.5, 0.6) is 5.75 Å². The summed E-state index contributed by atoms with van der Waals surface area (Å²) in [6.45, 7) is 7.60. The molecule has 1 heterocycles. The van der Waals surface area contributed by atoms with Crippen LogP contribution in [0.25, 0.3) is 0 Å². The molecule has 2 atom stereocenters. The SMILES string of the molecule is COCC(NC(=O)O)C(=O)NC(CCOc1ccc(F)cc1)B1OC(C)(C)C(C)(C)O1. The smallest absolute Gasteiger partial charge is 0.481 e. The number of carboxylic acid groups (broad SMARTS) is 1. The van der Waals surface area contributed by atoms with Crippen molar-refractivity contribution in [3.8, 4) is 5.75 Å². The number of halogens is 1. The van der Waals surface area contributed by atoms with Crippen molar-refractivity contribution in [2.45, 2.75) is 57.3 Å². The van der Waals surface area contributed by atoms with Crippen molar-refractivity contribution in [1.29, 1.82) is 0 Å². The fraction of sp³-hybridized carbons (Fsp3) is 0.600. The summed E-state index contributed by atoms with van der Waals surface area (Å²) in [6.07, 6.45) is -1.05. The van der Waals surface area contributed by atoms with Crippen LogP contribution in [-0.4, -0.2) is 67.7 Å². The third kappa shape index (κ3) is 6.81. The first-order valence-corrected chi connectivity index (χ1v) is 9.98. The topological polar surface area (TPSA) is 115 Å². The lowest BCUT2D eigenvalue weighted by Gasteiger charge is -2.32. The molecule has 3 N–H and O–H groups in total. The van der Waals surface area contributed by atoms with Crippen LogP contribution in [0.1, 0.15) is 34.1 Å². The van der Waals surface area contributed by atoms with E-state index in [4.69, 9.17) is 23.9 Å². The Balaban J connectivity index is 2.10. The maximum absolute atomic E-state index is 13.1. The predicted molar refractivity (Wildman–Crippen MR) is 111 cm³/mol. The van der Waals surface area contributed by atoms with Crippen LogP contribution in [0.2, 0.25) is 0 Å². The van der Waals surface area contributed by atoms with Gasteiger partial charge in [0.05, 0.1) is 30.4 Å². The van der Waals surface area contributed by atoms with Crippen molar-refractivity contribution in [3.63, 3.8) is 0 Å². The molecule has 0 saturated carbocycles.